The van der Waals surface area contributed by atoms with E-state index >= 15 is 0 Å². The largest absolute Gasteiger partial charge is 0.495 e. The molecule has 6 nitrogen and oxygen atoms in total. The number of sulfone groups is 1. The Bertz CT molecular complexity index is 972. The third kappa shape index (κ3) is 4.56. The molecule has 0 spiro atoms. The molecule has 2 aromatic carbocycles. The van der Waals surface area contributed by atoms with Gasteiger partial charge in [0.2, 0.25) is 0 Å². The van der Waals surface area contributed by atoms with Gasteiger partial charge in [0.1, 0.15) is 5.75 Å². The molecule has 1 fully saturated rings. The summed E-state index contributed by atoms with van der Waals surface area (Å²) in [5, 5.41) is 2.45. The summed E-state index contributed by atoms with van der Waals surface area (Å²) in [6.07, 6.45) is 1.77. The van der Waals surface area contributed by atoms with E-state index in [4.69, 9.17) is 4.74 Å². The maximum Gasteiger partial charge on any atom is 0.252 e. The van der Waals surface area contributed by atoms with Crippen molar-refractivity contribution in [2.24, 2.45) is 0 Å². The van der Waals surface area contributed by atoms with E-state index in [0.717, 1.165) is 30.8 Å². The van der Waals surface area contributed by atoms with Crippen molar-refractivity contribution in [3.05, 3.63) is 54.1 Å². The zero-order valence-corrected chi connectivity index (χ0v) is 17.9. The van der Waals surface area contributed by atoms with Gasteiger partial charge < -0.3 is 15.0 Å². The average molecular weight is 417 g/mol. The second kappa shape index (κ2) is 8.86. The van der Waals surface area contributed by atoms with E-state index in [-0.39, 0.29) is 22.4 Å². The monoisotopic (exact) mass is 416 g/mol. The number of carbonyl (C=O) groups is 1. The van der Waals surface area contributed by atoms with Gasteiger partial charge in [0.05, 0.1) is 28.5 Å². The van der Waals surface area contributed by atoms with Crippen LogP contribution in [-0.2, 0) is 9.84 Å². The summed E-state index contributed by atoms with van der Waals surface area (Å²) in [5.74, 6) is 0.449. The molecule has 1 N–H and O–H groups in total. The normalized spacial score (nSPS) is 17.2. The smallest absolute Gasteiger partial charge is 0.252 e. The molecule has 0 radical (unpaired) electrons. The van der Waals surface area contributed by atoms with E-state index in [1.54, 1.807) is 39.2 Å². The number of ether oxygens (including phenoxy) is 1. The van der Waals surface area contributed by atoms with Gasteiger partial charge >= 0.3 is 0 Å². The van der Waals surface area contributed by atoms with Gasteiger partial charge in [-0.15, -0.1) is 0 Å². The number of methoxy groups -OCH3 is 1. The zero-order chi connectivity index (χ0) is 21.0. The van der Waals surface area contributed by atoms with Gasteiger partial charge in [0, 0.05) is 19.1 Å². The Morgan fingerprint density at radius 2 is 1.83 bits per heavy atom. The first-order valence-corrected chi connectivity index (χ1v) is 11.4. The molecule has 1 unspecified atom stereocenters. The minimum atomic E-state index is -3.54. The number of rotatable bonds is 6. The number of hydrogen-bond acceptors (Lipinski definition) is 5. The molecule has 0 saturated carbocycles. The number of anilines is 1. The minimum absolute atomic E-state index is 0.0732. The first-order valence-electron chi connectivity index (χ1n) is 9.86. The van der Waals surface area contributed by atoms with E-state index < -0.39 is 15.1 Å². The SMILES string of the molecule is COc1ccccc1N1CCCC(NC(=O)c2ccccc2S(=O)(=O)C(C)C)C1. The molecule has 29 heavy (non-hydrogen) atoms. The molecular formula is C22H28N2O4S. The molecule has 3 rings (SSSR count). The molecule has 1 aliphatic heterocycles. The highest BCUT2D eigenvalue weighted by molar-refractivity contribution is 7.92. The Morgan fingerprint density at radius 1 is 1.14 bits per heavy atom. The molecule has 1 amide bonds. The number of para-hydroxylation sites is 2. The highest BCUT2D eigenvalue weighted by Gasteiger charge is 2.28. The van der Waals surface area contributed by atoms with Crippen LogP contribution >= 0.6 is 0 Å². The molecule has 1 aliphatic rings. The van der Waals surface area contributed by atoms with Crippen LogP contribution in [0.2, 0.25) is 0 Å². The first kappa shape index (κ1) is 21.2. The molecule has 1 heterocycles. The van der Waals surface area contributed by atoms with Crippen molar-refractivity contribution in [3.8, 4) is 5.75 Å². The van der Waals surface area contributed by atoms with Gasteiger partial charge in [-0.05, 0) is 51.0 Å². The quantitative estimate of drug-likeness (QED) is 0.782. The Morgan fingerprint density at radius 3 is 2.55 bits per heavy atom. The Hall–Kier alpha value is -2.54. The summed E-state index contributed by atoms with van der Waals surface area (Å²) >= 11 is 0. The number of nitrogens with one attached hydrogen (secondary N) is 1. The predicted molar refractivity (Wildman–Crippen MR) is 114 cm³/mol. The number of amides is 1. The number of benzene rings is 2. The predicted octanol–water partition coefficient (Wildman–Crippen LogP) is 3.28. The summed E-state index contributed by atoms with van der Waals surface area (Å²) in [5.41, 5.74) is 1.20. The molecule has 2 aromatic rings. The van der Waals surface area contributed by atoms with Crippen molar-refractivity contribution in [3.63, 3.8) is 0 Å². The van der Waals surface area contributed by atoms with Gasteiger partial charge in [0.15, 0.2) is 9.84 Å². The van der Waals surface area contributed by atoms with E-state index in [1.165, 1.54) is 6.07 Å². The molecule has 0 aromatic heterocycles. The van der Waals surface area contributed by atoms with Crippen LogP contribution < -0.4 is 15.0 Å². The van der Waals surface area contributed by atoms with Gasteiger partial charge in [0.25, 0.3) is 5.91 Å². The second-order valence-corrected chi connectivity index (χ2v) is 9.99. The first-order chi connectivity index (χ1) is 13.8. The molecule has 0 aliphatic carbocycles. The Labute approximate surface area is 172 Å². The Kier molecular flexibility index (Phi) is 6.47. The highest BCUT2D eigenvalue weighted by Crippen LogP contribution is 2.30. The fraction of sp³-hybridized carbons (Fsp3) is 0.409. The molecule has 156 valence electrons. The number of hydrogen-bond donors (Lipinski definition) is 1. The molecule has 1 atom stereocenters. The van der Waals surface area contributed by atoms with Crippen molar-refractivity contribution in [2.75, 3.05) is 25.1 Å². The van der Waals surface area contributed by atoms with Gasteiger partial charge in [-0.25, -0.2) is 8.42 Å². The number of carbonyl (C=O) groups excluding carboxylic acids is 1. The van der Waals surface area contributed by atoms with Crippen LogP contribution in [0.3, 0.4) is 0 Å². The zero-order valence-electron chi connectivity index (χ0n) is 17.1. The van der Waals surface area contributed by atoms with E-state index in [1.807, 2.05) is 24.3 Å². The molecule has 1 saturated heterocycles. The Balaban J connectivity index is 1.78. The number of nitrogens with zero attached hydrogens (tertiary/aromatic N) is 1. The van der Waals surface area contributed by atoms with E-state index in [0.29, 0.717) is 6.54 Å². The van der Waals surface area contributed by atoms with Crippen LogP contribution in [-0.4, -0.2) is 45.8 Å². The fourth-order valence-electron chi connectivity index (χ4n) is 3.62. The minimum Gasteiger partial charge on any atom is -0.495 e. The number of piperidine rings is 1. The van der Waals surface area contributed by atoms with Crippen molar-refractivity contribution in [2.45, 2.75) is 42.9 Å². The summed E-state index contributed by atoms with van der Waals surface area (Å²) in [7, 11) is -1.90. The van der Waals surface area contributed by atoms with Crippen molar-refractivity contribution in [1.29, 1.82) is 0 Å². The van der Waals surface area contributed by atoms with Gasteiger partial charge in [-0.2, -0.15) is 0 Å². The lowest BCUT2D eigenvalue weighted by Gasteiger charge is -2.35. The third-order valence-electron chi connectivity index (χ3n) is 5.24. The lowest BCUT2D eigenvalue weighted by atomic mass is 10.0. The summed E-state index contributed by atoms with van der Waals surface area (Å²) in [6.45, 7) is 4.77. The van der Waals surface area contributed by atoms with Crippen molar-refractivity contribution >= 4 is 21.4 Å². The van der Waals surface area contributed by atoms with Crippen LogP contribution in [0.15, 0.2) is 53.4 Å². The van der Waals surface area contributed by atoms with Crippen LogP contribution in [0.4, 0.5) is 5.69 Å². The lowest BCUT2D eigenvalue weighted by Crippen LogP contribution is -2.48. The molecule has 0 bridgehead atoms. The van der Waals surface area contributed by atoms with Crippen molar-refractivity contribution in [1.82, 2.24) is 5.32 Å². The van der Waals surface area contributed by atoms with E-state index in [9.17, 15) is 13.2 Å². The summed E-state index contributed by atoms with van der Waals surface area (Å²) in [4.78, 5) is 15.2. The maximum absolute atomic E-state index is 13.0. The van der Waals surface area contributed by atoms with Crippen LogP contribution in [0.1, 0.15) is 37.0 Å². The fourth-order valence-corrected chi connectivity index (χ4v) is 4.87. The average Bonchev–Trinajstić information content (AvgIpc) is 2.73. The summed E-state index contributed by atoms with van der Waals surface area (Å²) in [6, 6.07) is 14.2. The van der Waals surface area contributed by atoms with Gasteiger partial charge in [-0.1, -0.05) is 24.3 Å². The lowest BCUT2D eigenvalue weighted by molar-refractivity contribution is 0.0930. The maximum atomic E-state index is 13.0. The third-order valence-corrected chi connectivity index (χ3v) is 7.45. The van der Waals surface area contributed by atoms with E-state index in [2.05, 4.69) is 10.2 Å². The second-order valence-electron chi connectivity index (χ2n) is 7.52. The molecular weight excluding hydrogens is 388 g/mol. The van der Waals surface area contributed by atoms with Gasteiger partial charge in [-0.3, -0.25) is 4.79 Å². The molecule has 7 heteroatoms. The van der Waals surface area contributed by atoms with Crippen LogP contribution in [0, 0.1) is 0 Å². The van der Waals surface area contributed by atoms with Crippen LogP contribution in [0.5, 0.6) is 5.75 Å². The standard InChI is InChI=1S/C22H28N2O4S/c1-16(2)29(26,27)21-13-7-4-10-18(21)22(25)23-17-9-8-14-24(15-17)19-11-5-6-12-20(19)28-3/h4-7,10-13,16-17H,8-9,14-15H2,1-3H3,(H,23,25). The highest BCUT2D eigenvalue weighted by atomic mass is 32.2. The topological polar surface area (TPSA) is 75.7 Å². The van der Waals surface area contributed by atoms with Crippen molar-refractivity contribution < 1.29 is 17.9 Å². The summed E-state index contributed by atoms with van der Waals surface area (Å²) < 4.78 is 30.8. The van der Waals surface area contributed by atoms with Crippen LogP contribution in [0.25, 0.3) is 0 Å².